The molecule has 178 valence electrons. The smallest absolute Gasteiger partial charge is 0.349 e. The number of amides is 2. The molecule has 1 N–H and O–H groups in total. The largest absolute Gasteiger partial charge is 0.478 e. The second-order valence-corrected chi connectivity index (χ2v) is 10.3. The third kappa shape index (κ3) is 6.86. The number of halogens is 2. The van der Waals surface area contributed by atoms with Gasteiger partial charge in [0.05, 0.1) is 21.2 Å². The fraction of sp³-hybridized carbons (Fsp3) is 0.609. The van der Waals surface area contributed by atoms with Crippen LogP contribution in [0.1, 0.15) is 98.8 Å². The van der Waals surface area contributed by atoms with Crippen LogP contribution in [0.15, 0.2) is 12.1 Å². The predicted molar refractivity (Wildman–Crippen MR) is 128 cm³/mol. The van der Waals surface area contributed by atoms with Crippen LogP contribution in [0, 0.1) is 0 Å². The highest BCUT2D eigenvalue weighted by Crippen LogP contribution is 2.37. The average Bonchev–Trinajstić information content (AvgIpc) is 2.99. The van der Waals surface area contributed by atoms with E-state index in [1.54, 1.807) is 0 Å². The number of rotatable bonds is 15. The molecule has 0 radical (unpaired) electrons. The van der Waals surface area contributed by atoms with Crippen molar-refractivity contribution in [3.05, 3.63) is 33.3 Å². The Morgan fingerprint density at radius 1 is 1.00 bits per heavy atom. The fourth-order valence-electron chi connectivity index (χ4n) is 3.48. The number of unbranched alkanes of at least 4 members (excludes halogenated alkanes) is 9. The van der Waals surface area contributed by atoms with Crippen molar-refractivity contribution in [3.8, 4) is 0 Å². The minimum Gasteiger partial charge on any atom is -0.478 e. The lowest BCUT2D eigenvalue weighted by Crippen LogP contribution is -2.44. The van der Waals surface area contributed by atoms with Crippen molar-refractivity contribution in [3.63, 3.8) is 0 Å². The van der Waals surface area contributed by atoms with E-state index < -0.39 is 22.7 Å². The van der Waals surface area contributed by atoms with Crippen molar-refractivity contribution in [2.45, 2.75) is 83.0 Å². The summed E-state index contributed by atoms with van der Waals surface area (Å²) in [7, 11) is 0. The molecule has 1 heterocycles. The summed E-state index contributed by atoms with van der Waals surface area (Å²) in [6, 6.07) is 2.79. The quantitative estimate of drug-likeness (QED) is 0.158. The SMILES string of the molecule is CCCCCCCCCCCCSC(C)(ON1C(=O)c2ccc(Cl)c(Cl)c2C1=O)C(=O)O. The van der Waals surface area contributed by atoms with E-state index in [9.17, 15) is 19.5 Å². The van der Waals surface area contributed by atoms with Gasteiger partial charge in [0.25, 0.3) is 11.8 Å². The van der Waals surface area contributed by atoms with Crippen molar-refractivity contribution in [2.24, 2.45) is 0 Å². The molecule has 6 nitrogen and oxygen atoms in total. The minimum absolute atomic E-state index is 0.0387. The molecule has 2 amide bonds. The van der Waals surface area contributed by atoms with Gasteiger partial charge in [-0.15, -0.1) is 16.8 Å². The first-order chi connectivity index (χ1) is 15.2. The Labute approximate surface area is 203 Å². The number of carbonyl (C=O) groups excluding carboxylic acids is 2. The predicted octanol–water partition coefficient (Wildman–Crippen LogP) is 6.98. The molecule has 0 spiro atoms. The van der Waals surface area contributed by atoms with Gasteiger partial charge in [-0.05, 0) is 31.2 Å². The van der Waals surface area contributed by atoms with Crippen LogP contribution in [0.3, 0.4) is 0 Å². The number of hydroxylamine groups is 2. The van der Waals surface area contributed by atoms with Gasteiger partial charge in [0, 0.05) is 0 Å². The highest BCUT2D eigenvalue weighted by Gasteiger charge is 2.46. The van der Waals surface area contributed by atoms with E-state index >= 15 is 0 Å². The molecule has 1 aliphatic rings. The molecule has 0 bridgehead atoms. The third-order valence-corrected chi connectivity index (χ3v) is 7.53. The van der Waals surface area contributed by atoms with E-state index in [1.165, 1.54) is 64.0 Å². The Morgan fingerprint density at radius 2 is 1.56 bits per heavy atom. The Hall–Kier alpha value is -1.28. The molecule has 1 aromatic rings. The van der Waals surface area contributed by atoms with Crippen molar-refractivity contribution < 1.29 is 24.3 Å². The van der Waals surface area contributed by atoms with E-state index in [0.717, 1.165) is 31.0 Å². The molecule has 0 aliphatic carbocycles. The van der Waals surface area contributed by atoms with Crippen molar-refractivity contribution in [2.75, 3.05) is 5.75 Å². The lowest BCUT2D eigenvalue weighted by atomic mass is 10.1. The summed E-state index contributed by atoms with van der Waals surface area (Å²) >= 11 is 13.1. The first-order valence-electron chi connectivity index (χ1n) is 11.2. The summed E-state index contributed by atoms with van der Waals surface area (Å²) in [6.07, 6.45) is 11.8. The number of thioether (sulfide) groups is 1. The maximum atomic E-state index is 12.7. The molecule has 0 saturated carbocycles. The third-order valence-electron chi connectivity index (χ3n) is 5.44. The summed E-state index contributed by atoms with van der Waals surface area (Å²) < 4.78 is 0. The van der Waals surface area contributed by atoms with E-state index in [-0.39, 0.29) is 21.2 Å². The monoisotopic (exact) mass is 503 g/mol. The Balaban J connectivity index is 1.82. The van der Waals surface area contributed by atoms with Crippen LogP contribution in [-0.2, 0) is 9.63 Å². The van der Waals surface area contributed by atoms with E-state index in [2.05, 4.69) is 6.92 Å². The van der Waals surface area contributed by atoms with Gasteiger partial charge in [0.15, 0.2) is 0 Å². The number of carbonyl (C=O) groups is 3. The van der Waals surface area contributed by atoms with Crippen LogP contribution in [0.2, 0.25) is 10.0 Å². The van der Waals surface area contributed by atoms with E-state index in [4.69, 9.17) is 28.0 Å². The molecular weight excluding hydrogens is 473 g/mol. The van der Waals surface area contributed by atoms with Crippen LogP contribution in [0.25, 0.3) is 0 Å². The maximum absolute atomic E-state index is 12.7. The second-order valence-electron chi connectivity index (χ2n) is 8.06. The van der Waals surface area contributed by atoms with E-state index in [0.29, 0.717) is 10.8 Å². The summed E-state index contributed by atoms with van der Waals surface area (Å²) in [5, 5.41) is 10.3. The zero-order valence-corrected chi connectivity index (χ0v) is 21.0. The zero-order chi connectivity index (χ0) is 23.7. The lowest BCUT2D eigenvalue weighted by molar-refractivity contribution is -0.179. The number of aliphatic carboxylic acids is 1. The number of carboxylic acid groups (broad SMARTS) is 1. The number of hydrogen-bond acceptors (Lipinski definition) is 5. The topological polar surface area (TPSA) is 83.9 Å². The number of nitrogens with zero attached hydrogens (tertiary/aromatic N) is 1. The standard InChI is InChI=1S/C23H31Cl2NO5S/c1-3-4-5-6-7-8-9-10-11-12-15-32-23(2,22(29)30)31-26-20(27)16-13-14-17(24)19(25)18(16)21(26)28/h13-14H,3-12,15H2,1-2H3,(H,29,30). The first-order valence-corrected chi connectivity index (χ1v) is 12.9. The van der Waals surface area contributed by atoms with Crippen molar-refractivity contribution >= 4 is 52.7 Å². The molecule has 1 atom stereocenters. The molecular formula is C23H31Cl2NO5S. The van der Waals surface area contributed by atoms with Crippen LogP contribution >= 0.6 is 35.0 Å². The molecule has 0 saturated heterocycles. The molecule has 1 unspecified atom stereocenters. The van der Waals surface area contributed by atoms with E-state index in [1.807, 2.05) is 0 Å². The molecule has 1 aromatic carbocycles. The van der Waals surface area contributed by atoms with Gasteiger partial charge in [-0.1, -0.05) is 87.9 Å². The van der Waals surface area contributed by atoms with Crippen LogP contribution in [0.4, 0.5) is 0 Å². The van der Waals surface area contributed by atoms with Crippen molar-refractivity contribution in [1.29, 1.82) is 0 Å². The molecule has 0 fully saturated rings. The van der Waals surface area contributed by atoms with Gasteiger partial charge >= 0.3 is 5.97 Å². The van der Waals surface area contributed by atoms with Gasteiger partial charge < -0.3 is 5.11 Å². The number of imide groups is 1. The average molecular weight is 504 g/mol. The van der Waals surface area contributed by atoms with Crippen LogP contribution < -0.4 is 0 Å². The Morgan fingerprint density at radius 3 is 2.12 bits per heavy atom. The number of carboxylic acids is 1. The van der Waals surface area contributed by atoms with Gasteiger partial charge in [0.2, 0.25) is 4.93 Å². The highest BCUT2D eigenvalue weighted by atomic mass is 35.5. The zero-order valence-electron chi connectivity index (χ0n) is 18.6. The normalized spacial score (nSPS) is 15.2. The first kappa shape index (κ1) is 27.0. The molecule has 9 heteroatoms. The fourth-order valence-corrected chi connectivity index (χ4v) is 4.87. The van der Waals surface area contributed by atoms with Crippen LogP contribution in [-0.4, -0.2) is 38.6 Å². The molecule has 2 rings (SSSR count). The summed E-state index contributed by atoms with van der Waals surface area (Å²) in [6.45, 7) is 3.55. The number of fused-ring (bicyclic) bond motifs is 1. The summed E-state index contributed by atoms with van der Waals surface area (Å²) in [5.41, 5.74) is -0.0339. The van der Waals surface area contributed by atoms with Gasteiger partial charge in [-0.2, -0.15) is 0 Å². The minimum atomic E-state index is -1.79. The molecule has 1 aliphatic heterocycles. The van der Waals surface area contributed by atoms with Crippen LogP contribution in [0.5, 0.6) is 0 Å². The van der Waals surface area contributed by atoms with Gasteiger partial charge in [0.1, 0.15) is 0 Å². The Bertz CT molecular complexity index is 835. The summed E-state index contributed by atoms with van der Waals surface area (Å²) in [4.78, 5) is 40.8. The summed E-state index contributed by atoms with van der Waals surface area (Å²) in [5.74, 6) is -2.30. The van der Waals surface area contributed by atoms with Crippen molar-refractivity contribution in [1.82, 2.24) is 5.06 Å². The Kier molecular flexibility index (Phi) is 10.8. The van der Waals surface area contributed by atoms with Gasteiger partial charge in [-0.3, -0.25) is 9.59 Å². The lowest BCUT2D eigenvalue weighted by Gasteiger charge is -2.27. The second kappa shape index (κ2) is 12.8. The number of hydrogen-bond donors (Lipinski definition) is 1. The highest BCUT2D eigenvalue weighted by molar-refractivity contribution is 8.01. The van der Waals surface area contributed by atoms with Gasteiger partial charge in [-0.25, -0.2) is 9.63 Å². The molecule has 32 heavy (non-hydrogen) atoms. The number of benzene rings is 1. The molecule has 0 aromatic heterocycles. The maximum Gasteiger partial charge on any atom is 0.349 e.